The summed E-state index contributed by atoms with van der Waals surface area (Å²) >= 11 is 6.64. The molecule has 150 valence electrons. The molecule has 0 spiro atoms. The summed E-state index contributed by atoms with van der Waals surface area (Å²) < 4.78 is 0.519. The molecule has 5 nitrogen and oxygen atoms in total. The SMILES string of the molecule is CCc1ccc(/C=C2/SC(=S)N(CCCC(=O)Nc3ccc(O)cc3)C2=O)cc1. The minimum Gasteiger partial charge on any atom is -0.508 e. The molecule has 0 radical (unpaired) electrons. The van der Waals surface area contributed by atoms with Crippen LogP contribution in [0.4, 0.5) is 5.69 Å². The number of carbonyl (C=O) groups excluding carboxylic acids is 2. The Morgan fingerprint density at radius 2 is 1.86 bits per heavy atom. The van der Waals surface area contributed by atoms with E-state index in [9.17, 15) is 14.7 Å². The van der Waals surface area contributed by atoms with Gasteiger partial charge in [-0.2, -0.15) is 0 Å². The number of thioether (sulfide) groups is 1. The molecular formula is C22H22N2O3S2. The van der Waals surface area contributed by atoms with E-state index < -0.39 is 0 Å². The monoisotopic (exact) mass is 426 g/mol. The van der Waals surface area contributed by atoms with Crippen molar-refractivity contribution in [3.05, 3.63) is 64.6 Å². The third-order valence-electron chi connectivity index (χ3n) is 4.50. The summed E-state index contributed by atoms with van der Waals surface area (Å²) in [6.45, 7) is 2.50. The van der Waals surface area contributed by atoms with E-state index in [-0.39, 0.29) is 24.0 Å². The second-order valence-electron chi connectivity index (χ2n) is 6.63. The van der Waals surface area contributed by atoms with Crippen molar-refractivity contribution in [2.24, 2.45) is 0 Å². The van der Waals surface area contributed by atoms with Crippen LogP contribution in [-0.4, -0.2) is 32.7 Å². The van der Waals surface area contributed by atoms with Crippen molar-refractivity contribution in [2.75, 3.05) is 11.9 Å². The van der Waals surface area contributed by atoms with E-state index in [2.05, 4.69) is 24.4 Å². The zero-order valence-corrected chi connectivity index (χ0v) is 17.7. The lowest BCUT2D eigenvalue weighted by molar-refractivity contribution is -0.122. The van der Waals surface area contributed by atoms with Crippen LogP contribution < -0.4 is 5.32 Å². The highest BCUT2D eigenvalue weighted by Gasteiger charge is 2.31. The van der Waals surface area contributed by atoms with Crippen molar-refractivity contribution in [2.45, 2.75) is 26.2 Å². The molecule has 29 heavy (non-hydrogen) atoms. The molecular weight excluding hydrogens is 404 g/mol. The molecule has 1 fully saturated rings. The predicted octanol–water partition coefficient (Wildman–Crippen LogP) is 4.57. The number of nitrogens with zero attached hydrogens (tertiary/aromatic N) is 1. The second kappa shape index (κ2) is 9.71. The normalized spacial score (nSPS) is 15.2. The van der Waals surface area contributed by atoms with Gasteiger partial charge in [0.05, 0.1) is 4.91 Å². The van der Waals surface area contributed by atoms with Crippen molar-refractivity contribution in [1.29, 1.82) is 0 Å². The number of hydrogen-bond donors (Lipinski definition) is 2. The van der Waals surface area contributed by atoms with Gasteiger partial charge in [0.15, 0.2) is 0 Å². The zero-order chi connectivity index (χ0) is 20.8. The van der Waals surface area contributed by atoms with E-state index in [1.54, 1.807) is 17.0 Å². The van der Waals surface area contributed by atoms with Gasteiger partial charge < -0.3 is 10.4 Å². The molecule has 7 heteroatoms. The van der Waals surface area contributed by atoms with Crippen molar-refractivity contribution in [3.8, 4) is 5.75 Å². The average molecular weight is 427 g/mol. The number of thiocarbonyl (C=S) groups is 1. The molecule has 0 unspecified atom stereocenters. The van der Waals surface area contributed by atoms with Crippen LogP contribution in [0.25, 0.3) is 6.08 Å². The minimum absolute atomic E-state index is 0.112. The van der Waals surface area contributed by atoms with Crippen LogP contribution in [0.2, 0.25) is 0 Å². The standard InChI is InChI=1S/C22H22N2O3S2/c1-2-15-5-7-16(8-6-15)14-19-21(27)24(22(28)29-19)13-3-4-20(26)23-17-9-11-18(25)12-10-17/h5-12,14,25H,2-4,13H2,1H3,(H,23,26)/b19-14+. The van der Waals surface area contributed by atoms with Gasteiger partial charge in [0.2, 0.25) is 5.91 Å². The summed E-state index contributed by atoms with van der Waals surface area (Å²) in [4.78, 5) is 26.9. The first-order chi connectivity index (χ1) is 14.0. The fourth-order valence-corrected chi connectivity index (χ4v) is 4.17. The van der Waals surface area contributed by atoms with Crippen LogP contribution in [0.3, 0.4) is 0 Å². The van der Waals surface area contributed by atoms with Crippen molar-refractivity contribution in [1.82, 2.24) is 4.90 Å². The number of anilines is 1. The summed E-state index contributed by atoms with van der Waals surface area (Å²) in [5, 5.41) is 12.0. The number of rotatable bonds is 7. The Morgan fingerprint density at radius 3 is 2.52 bits per heavy atom. The molecule has 2 N–H and O–H groups in total. The maximum absolute atomic E-state index is 12.7. The Balaban J connectivity index is 1.52. The van der Waals surface area contributed by atoms with E-state index in [0.29, 0.717) is 27.9 Å². The smallest absolute Gasteiger partial charge is 0.266 e. The van der Waals surface area contributed by atoms with E-state index in [0.717, 1.165) is 12.0 Å². The summed E-state index contributed by atoms with van der Waals surface area (Å²) in [7, 11) is 0. The van der Waals surface area contributed by atoms with Crippen molar-refractivity contribution < 1.29 is 14.7 Å². The largest absolute Gasteiger partial charge is 0.508 e. The first kappa shape index (κ1) is 21.1. The van der Waals surface area contributed by atoms with E-state index in [1.807, 2.05) is 18.2 Å². The predicted molar refractivity (Wildman–Crippen MR) is 122 cm³/mol. The Bertz CT molecular complexity index is 938. The number of carbonyl (C=O) groups is 2. The molecule has 1 aliphatic heterocycles. The molecule has 2 amide bonds. The number of amides is 2. The molecule has 1 heterocycles. The van der Waals surface area contributed by atoms with Gasteiger partial charge >= 0.3 is 0 Å². The molecule has 2 aromatic carbocycles. The fourth-order valence-electron chi connectivity index (χ4n) is 2.86. The van der Waals surface area contributed by atoms with Crippen LogP contribution >= 0.6 is 24.0 Å². The Morgan fingerprint density at radius 1 is 1.17 bits per heavy atom. The number of aryl methyl sites for hydroxylation is 1. The van der Waals surface area contributed by atoms with Crippen molar-refractivity contribution in [3.63, 3.8) is 0 Å². The first-order valence-corrected chi connectivity index (χ1v) is 10.6. The van der Waals surface area contributed by atoms with Crippen LogP contribution in [0.5, 0.6) is 5.75 Å². The van der Waals surface area contributed by atoms with Gasteiger partial charge in [-0.1, -0.05) is 55.2 Å². The number of nitrogens with one attached hydrogen (secondary N) is 1. The Kier molecular flexibility index (Phi) is 7.06. The number of phenolic OH excluding ortho intramolecular Hbond substituents is 1. The number of phenols is 1. The summed E-state index contributed by atoms with van der Waals surface area (Å²) in [5.74, 6) is -0.113. The van der Waals surface area contributed by atoms with Crippen LogP contribution in [0, 0.1) is 0 Å². The Hall–Kier alpha value is -2.64. The lowest BCUT2D eigenvalue weighted by Gasteiger charge is -2.14. The van der Waals surface area contributed by atoms with Gasteiger partial charge in [-0.15, -0.1) is 0 Å². The number of hydrogen-bond acceptors (Lipinski definition) is 5. The minimum atomic E-state index is -0.146. The van der Waals surface area contributed by atoms with Gasteiger partial charge in [-0.3, -0.25) is 14.5 Å². The molecule has 0 bridgehead atoms. The van der Waals surface area contributed by atoms with E-state index in [1.165, 1.54) is 29.5 Å². The maximum Gasteiger partial charge on any atom is 0.266 e. The topological polar surface area (TPSA) is 69.6 Å². The lowest BCUT2D eigenvalue weighted by Crippen LogP contribution is -2.29. The quantitative estimate of drug-likeness (QED) is 0.385. The van der Waals surface area contributed by atoms with Gasteiger partial charge in [-0.05, 0) is 54.3 Å². The summed E-state index contributed by atoms with van der Waals surface area (Å²) in [6, 6.07) is 14.4. The van der Waals surface area contributed by atoms with Crippen LogP contribution in [-0.2, 0) is 16.0 Å². The number of aromatic hydroxyl groups is 1. The fraction of sp³-hybridized carbons (Fsp3) is 0.227. The van der Waals surface area contributed by atoms with E-state index in [4.69, 9.17) is 12.2 Å². The molecule has 0 saturated carbocycles. The van der Waals surface area contributed by atoms with E-state index >= 15 is 0 Å². The highest BCUT2D eigenvalue weighted by molar-refractivity contribution is 8.26. The highest BCUT2D eigenvalue weighted by Crippen LogP contribution is 2.32. The second-order valence-corrected chi connectivity index (χ2v) is 8.30. The average Bonchev–Trinajstić information content (AvgIpc) is 2.97. The first-order valence-electron chi connectivity index (χ1n) is 9.39. The molecule has 0 aromatic heterocycles. The molecule has 0 aliphatic carbocycles. The van der Waals surface area contributed by atoms with Crippen LogP contribution in [0.15, 0.2) is 53.4 Å². The third-order valence-corrected chi connectivity index (χ3v) is 5.87. The maximum atomic E-state index is 12.7. The molecule has 1 aliphatic rings. The van der Waals surface area contributed by atoms with Gasteiger partial charge in [0.1, 0.15) is 10.1 Å². The molecule has 2 aromatic rings. The highest BCUT2D eigenvalue weighted by atomic mass is 32.2. The van der Waals surface area contributed by atoms with Gasteiger partial charge in [-0.25, -0.2) is 0 Å². The molecule has 0 atom stereocenters. The van der Waals surface area contributed by atoms with Crippen molar-refractivity contribution >= 4 is 51.9 Å². The molecule has 3 rings (SSSR count). The Labute approximate surface area is 179 Å². The number of benzene rings is 2. The molecule has 1 saturated heterocycles. The van der Waals surface area contributed by atoms with Gasteiger partial charge in [0.25, 0.3) is 5.91 Å². The van der Waals surface area contributed by atoms with Crippen LogP contribution in [0.1, 0.15) is 30.9 Å². The zero-order valence-electron chi connectivity index (χ0n) is 16.1. The van der Waals surface area contributed by atoms with Gasteiger partial charge in [0, 0.05) is 18.7 Å². The summed E-state index contributed by atoms with van der Waals surface area (Å²) in [6.07, 6.45) is 3.61. The third kappa shape index (κ3) is 5.68. The summed E-state index contributed by atoms with van der Waals surface area (Å²) in [5.41, 5.74) is 2.84. The lowest BCUT2D eigenvalue weighted by atomic mass is 10.1.